The summed E-state index contributed by atoms with van der Waals surface area (Å²) in [7, 11) is 0. The topological polar surface area (TPSA) is 96.3 Å². The van der Waals surface area contributed by atoms with Crippen LogP contribution in [0.2, 0.25) is 0 Å². The second kappa shape index (κ2) is 10.8. The first-order valence-electron chi connectivity index (χ1n) is 12.4. The molecular weight excluding hydrogens is 454 g/mol. The smallest absolute Gasteiger partial charge is 0.325 e. The van der Waals surface area contributed by atoms with Crippen molar-refractivity contribution in [2.75, 3.05) is 6.54 Å². The number of unbranched alkanes of at least 4 members (excludes halogenated alkanes) is 1. The molecule has 1 aromatic heterocycles. The summed E-state index contributed by atoms with van der Waals surface area (Å²) in [6, 6.07) is 18.8. The van der Waals surface area contributed by atoms with E-state index in [2.05, 4.69) is 15.7 Å². The summed E-state index contributed by atoms with van der Waals surface area (Å²) in [5.74, 6) is -0.780. The standard InChI is InChI=1S/C28H33N5O3/c1-4-5-16-28(23-14-10-7-11-15-23)26(35)32(27(36)30-28)19-25(34)29-17-24-20(2)31-33(21(24)3)18-22-12-8-6-9-13-22/h6-15H,4-5,16-19H2,1-3H3,(H,29,34)(H,30,36). The number of nitrogens with one attached hydrogen (secondary N) is 2. The normalized spacial score (nSPS) is 17.4. The third-order valence-corrected chi connectivity index (χ3v) is 6.82. The van der Waals surface area contributed by atoms with E-state index in [0.717, 1.165) is 45.8 Å². The molecule has 2 heterocycles. The fourth-order valence-corrected chi connectivity index (χ4v) is 4.73. The van der Waals surface area contributed by atoms with Crippen LogP contribution in [0.15, 0.2) is 60.7 Å². The molecule has 1 fully saturated rings. The highest BCUT2D eigenvalue weighted by molar-refractivity contribution is 6.09. The zero-order valence-electron chi connectivity index (χ0n) is 21.1. The number of rotatable bonds is 10. The van der Waals surface area contributed by atoms with Gasteiger partial charge in [-0.1, -0.05) is 80.4 Å². The molecule has 8 heteroatoms. The number of hydrogen-bond acceptors (Lipinski definition) is 4. The predicted octanol–water partition coefficient (Wildman–Crippen LogP) is 3.80. The zero-order valence-corrected chi connectivity index (χ0v) is 21.1. The maximum atomic E-state index is 13.5. The van der Waals surface area contributed by atoms with Crippen LogP contribution in [0.5, 0.6) is 0 Å². The molecule has 2 N–H and O–H groups in total. The van der Waals surface area contributed by atoms with E-state index in [9.17, 15) is 14.4 Å². The third-order valence-electron chi connectivity index (χ3n) is 6.82. The molecule has 1 unspecified atom stereocenters. The fourth-order valence-electron chi connectivity index (χ4n) is 4.73. The number of imide groups is 1. The second-order valence-corrected chi connectivity index (χ2v) is 9.27. The molecular formula is C28H33N5O3. The van der Waals surface area contributed by atoms with E-state index < -0.39 is 17.5 Å². The quantitative estimate of drug-likeness (QED) is 0.425. The van der Waals surface area contributed by atoms with Gasteiger partial charge in [-0.2, -0.15) is 5.10 Å². The van der Waals surface area contributed by atoms with Gasteiger partial charge in [-0.15, -0.1) is 0 Å². The van der Waals surface area contributed by atoms with E-state index in [1.165, 1.54) is 0 Å². The van der Waals surface area contributed by atoms with E-state index in [0.29, 0.717) is 13.0 Å². The lowest BCUT2D eigenvalue weighted by atomic mass is 9.85. The van der Waals surface area contributed by atoms with Gasteiger partial charge in [-0.05, 0) is 31.4 Å². The SMILES string of the molecule is CCCCC1(c2ccccc2)NC(=O)N(CC(=O)NCc2c(C)nn(Cc3ccccc3)c2C)C1=O. The molecule has 0 saturated carbocycles. The van der Waals surface area contributed by atoms with Crippen molar-refractivity contribution >= 4 is 17.8 Å². The highest BCUT2D eigenvalue weighted by Gasteiger charge is 2.52. The summed E-state index contributed by atoms with van der Waals surface area (Å²) in [5, 5.41) is 10.4. The number of carbonyl (C=O) groups is 3. The third kappa shape index (κ3) is 5.03. The summed E-state index contributed by atoms with van der Waals surface area (Å²) in [6.45, 7) is 6.51. The average Bonchev–Trinajstić information content (AvgIpc) is 3.29. The van der Waals surface area contributed by atoms with E-state index in [4.69, 9.17) is 0 Å². The molecule has 2 aromatic carbocycles. The number of urea groups is 1. The molecule has 0 aliphatic carbocycles. The van der Waals surface area contributed by atoms with Crippen LogP contribution >= 0.6 is 0 Å². The van der Waals surface area contributed by atoms with Crippen LogP contribution in [0.3, 0.4) is 0 Å². The molecule has 1 saturated heterocycles. The van der Waals surface area contributed by atoms with Gasteiger partial charge in [0.1, 0.15) is 12.1 Å². The van der Waals surface area contributed by atoms with Gasteiger partial charge in [-0.25, -0.2) is 4.79 Å². The van der Waals surface area contributed by atoms with Crippen molar-refractivity contribution in [2.45, 2.75) is 58.7 Å². The van der Waals surface area contributed by atoms with Crippen LogP contribution in [0.25, 0.3) is 0 Å². The van der Waals surface area contributed by atoms with Gasteiger partial charge in [0.2, 0.25) is 5.91 Å². The van der Waals surface area contributed by atoms with Crippen LogP contribution in [-0.2, 0) is 28.2 Å². The molecule has 8 nitrogen and oxygen atoms in total. The molecule has 0 radical (unpaired) electrons. The maximum Gasteiger partial charge on any atom is 0.325 e. The Morgan fingerprint density at radius 1 is 1.03 bits per heavy atom. The highest BCUT2D eigenvalue weighted by atomic mass is 16.2. The first-order chi connectivity index (χ1) is 17.4. The Morgan fingerprint density at radius 2 is 1.69 bits per heavy atom. The molecule has 188 valence electrons. The minimum Gasteiger partial charge on any atom is -0.350 e. The largest absolute Gasteiger partial charge is 0.350 e. The van der Waals surface area contributed by atoms with Gasteiger partial charge in [0, 0.05) is 17.8 Å². The lowest BCUT2D eigenvalue weighted by Crippen LogP contribution is -2.45. The first kappa shape index (κ1) is 25.2. The summed E-state index contributed by atoms with van der Waals surface area (Å²) < 4.78 is 1.92. The van der Waals surface area contributed by atoms with Crippen molar-refractivity contribution in [1.29, 1.82) is 0 Å². The molecule has 1 atom stereocenters. The van der Waals surface area contributed by atoms with Crippen molar-refractivity contribution in [3.05, 3.63) is 88.7 Å². The summed E-state index contributed by atoms with van der Waals surface area (Å²) in [4.78, 5) is 40.2. The Hall–Kier alpha value is -3.94. The van der Waals surface area contributed by atoms with E-state index >= 15 is 0 Å². The van der Waals surface area contributed by atoms with Crippen LogP contribution in [0.4, 0.5) is 4.79 Å². The monoisotopic (exact) mass is 487 g/mol. The predicted molar refractivity (Wildman–Crippen MR) is 137 cm³/mol. The van der Waals surface area contributed by atoms with E-state index in [1.807, 2.05) is 86.1 Å². The Labute approximate surface area is 211 Å². The van der Waals surface area contributed by atoms with Crippen LogP contribution in [0.1, 0.15) is 54.3 Å². The molecule has 1 aliphatic heterocycles. The van der Waals surface area contributed by atoms with Crippen LogP contribution in [-0.4, -0.2) is 39.1 Å². The molecule has 4 rings (SSSR count). The van der Waals surface area contributed by atoms with Crippen molar-refractivity contribution in [2.24, 2.45) is 0 Å². The summed E-state index contributed by atoms with van der Waals surface area (Å²) in [5.41, 5.74) is 3.47. The fraction of sp³-hybridized carbons (Fsp3) is 0.357. The van der Waals surface area contributed by atoms with Gasteiger partial charge in [0.25, 0.3) is 5.91 Å². The highest BCUT2D eigenvalue weighted by Crippen LogP contribution is 2.34. The molecule has 1 aliphatic rings. The molecule has 4 amide bonds. The summed E-state index contributed by atoms with van der Waals surface area (Å²) in [6.07, 6.45) is 2.14. The minimum atomic E-state index is -1.14. The van der Waals surface area contributed by atoms with E-state index in [1.54, 1.807) is 0 Å². The van der Waals surface area contributed by atoms with Crippen molar-refractivity contribution in [3.63, 3.8) is 0 Å². The number of amides is 4. The minimum absolute atomic E-state index is 0.272. The molecule has 0 spiro atoms. The van der Waals surface area contributed by atoms with Crippen molar-refractivity contribution < 1.29 is 14.4 Å². The van der Waals surface area contributed by atoms with Crippen molar-refractivity contribution in [3.8, 4) is 0 Å². The Morgan fingerprint density at radius 3 is 2.36 bits per heavy atom. The van der Waals surface area contributed by atoms with Gasteiger partial charge in [0.15, 0.2) is 0 Å². The Bertz CT molecular complexity index is 1240. The molecule has 36 heavy (non-hydrogen) atoms. The lowest BCUT2D eigenvalue weighted by Gasteiger charge is -2.27. The molecule has 0 bridgehead atoms. The number of hydrogen-bond donors (Lipinski definition) is 2. The average molecular weight is 488 g/mol. The zero-order chi connectivity index (χ0) is 25.7. The Balaban J connectivity index is 1.43. The number of aryl methyl sites for hydroxylation is 1. The van der Waals surface area contributed by atoms with Crippen LogP contribution < -0.4 is 10.6 Å². The Kier molecular flexibility index (Phi) is 7.52. The second-order valence-electron chi connectivity index (χ2n) is 9.27. The number of benzene rings is 2. The van der Waals surface area contributed by atoms with Crippen LogP contribution in [0, 0.1) is 13.8 Å². The van der Waals surface area contributed by atoms with Gasteiger partial charge in [-0.3, -0.25) is 19.2 Å². The lowest BCUT2D eigenvalue weighted by molar-refractivity contribution is -0.135. The van der Waals surface area contributed by atoms with Gasteiger partial charge < -0.3 is 10.6 Å². The molecule has 3 aromatic rings. The van der Waals surface area contributed by atoms with E-state index in [-0.39, 0.29) is 19.0 Å². The first-order valence-corrected chi connectivity index (χ1v) is 12.4. The van der Waals surface area contributed by atoms with Crippen molar-refractivity contribution in [1.82, 2.24) is 25.3 Å². The number of nitrogens with zero attached hydrogens (tertiary/aromatic N) is 3. The number of carbonyl (C=O) groups excluding carboxylic acids is 3. The maximum absolute atomic E-state index is 13.5. The number of aromatic nitrogens is 2. The van der Waals surface area contributed by atoms with Gasteiger partial charge in [0.05, 0.1) is 12.2 Å². The summed E-state index contributed by atoms with van der Waals surface area (Å²) >= 11 is 0. The van der Waals surface area contributed by atoms with Gasteiger partial charge >= 0.3 is 6.03 Å².